The molecule has 4 heteroatoms. The minimum atomic E-state index is 0.248. The van der Waals surface area contributed by atoms with Gasteiger partial charge in [-0.25, -0.2) is 0 Å². The zero-order chi connectivity index (χ0) is 16.2. The first-order valence-electron chi connectivity index (χ1n) is 7.87. The number of carbonyl (C=O) groups is 1. The lowest BCUT2D eigenvalue weighted by atomic mass is 9.90. The molecule has 0 amide bonds. The van der Waals surface area contributed by atoms with E-state index in [1.54, 1.807) is 0 Å². The van der Waals surface area contributed by atoms with Crippen molar-refractivity contribution in [1.29, 1.82) is 0 Å². The van der Waals surface area contributed by atoms with Gasteiger partial charge in [0.15, 0.2) is 0 Å². The number of benzene rings is 2. The van der Waals surface area contributed by atoms with Gasteiger partial charge in [-0.05, 0) is 35.4 Å². The van der Waals surface area contributed by atoms with E-state index in [2.05, 4.69) is 29.2 Å². The number of likely N-dealkylation sites (tertiary alicyclic amines) is 1. The van der Waals surface area contributed by atoms with Crippen molar-refractivity contribution in [1.82, 2.24) is 4.90 Å². The Balaban J connectivity index is 1.85. The fourth-order valence-electron chi connectivity index (χ4n) is 3.04. The van der Waals surface area contributed by atoms with E-state index in [1.165, 1.54) is 11.1 Å². The molecule has 3 rings (SSSR count). The molecule has 120 valence electrons. The van der Waals surface area contributed by atoms with E-state index in [0.717, 1.165) is 29.7 Å². The van der Waals surface area contributed by atoms with Gasteiger partial charge in [-0.1, -0.05) is 47.5 Å². The van der Waals surface area contributed by atoms with Gasteiger partial charge in [-0.15, -0.1) is 0 Å². The maximum Gasteiger partial charge on any atom is 0.135 e. The van der Waals surface area contributed by atoms with Gasteiger partial charge in [-0.2, -0.15) is 0 Å². The monoisotopic (exact) mass is 347 g/mol. The van der Waals surface area contributed by atoms with Crippen molar-refractivity contribution in [3.8, 4) is 0 Å². The Labute approximate surface area is 147 Å². The van der Waals surface area contributed by atoms with Crippen LogP contribution in [0.2, 0.25) is 10.0 Å². The fraction of sp³-hybridized carbons (Fsp3) is 0.316. The van der Waals surface area contributed by atoms with Crippen LogP contribution in [0, 0.1) is 0 Å². The first-order chi connectivity index (χ1) is 11.1. The summed E-state index contributed by atoms with van der Waals surface area (Å²) in [5.41, 5.74) is 2.46. The molecule has 0 spiro atoms. The lowest BCUT2D eigenvalue weighted by Gasteiger charge is -2.30. The van der Waals surface area contributed by atoms with Crippen LogP contribution in [-0.4, -0.2) is 30.3 Å². The molecule has 0 saturated carbocycles. The number of halogens is 2. The second kappa shape index (κ2) is 7.48. The molecule has 1 heterocycles. The molecule has 1 aliphatic rings. The molecule has 0 bridgehead atoms. The maximum absolute atomic E-state index is 11.5. The Hall–Kier alpha value is -1.35. The highest BCUT2D eigenvalue weighted by atomic mass is 35.5. The Morgan fingerprint density at radius 2 is 1.26 bits per heavy atom. The zero-order valence-electron chi connectivity index (χ0n) is 12.8. The van der Waals surface area contributed by atoms with Crippen molar-refractivity contribution in [2.45, 2.75) is 18.8 Å². The highest BCUT2D eigenvalue weighted by Crippen LogP contribution is 2.28. The van der Waals surface area contributed by atoms with Gasteiger partial charge in [0.1, 0.15) is 5.78 Å². The number of ketones is 1. The molecule has 0 aliphatic carbocycles. The van der Waals surface area contributed by atoms with Crippen molar-refractivity contribution in [3.63, 3.8) is 0 Å². The predicted octanol–water partition coefficient (Wildman–Crippen LogP) is 4.79. The average Bonchev–Trinajstić information content (AvgIpc) is 2.56. The van der Waals surface area contributed by atoms with Crippen LogP contribution in [0.15, 0.2) is 48.5 Å². The van der Waals surface area contributed by atoms with Crippen LogP contribution in [0.4, 0.5) is 0 Å². The highest BCUT2D eigenvalue weighted by molar-refractivity contribution is 6.30. The summed E-state index contributed by atoms with van der Waals surface area (Å²) in [5.74, 6) is 0.619. The molecule has 0 atom stereocenters. The van der Waals surface area contributed by atoms with Crippen molar-refractivity contribution in [3.05, 3.63) is 69.7 Å². The molecule has 1 saturated heterocycles. The Kier molecular flexibility index (Phi) is 5.37. The molecule has 0 radical (unpaired) electrons. The summed E-state index contributed by atoms with van der Waals surface area (Å²) >= 11 is 12.1. The van der Waals surface area contributed by atoms with Crippen LogP contribution in [0.25, 0.3) is 0 Å². The lowest BCUT2D eigenvalue weighted by molar-refractivity contribution is -0.121. The summed E-state index contributed by atoms with van der Waals surface area (Å²) in [6.07, 6.45) is 1.32. The number of hydrogen-bond donors (Lipinski definition) is 0. The molecule has 1 aliphatic heterocycles. The Morgan fingerprint density at radius 3 is 1.70 bits per heavy atom. The van der Waals surface area contributed by atoms with E-state index in [9.17, 15) is 4.79 Å². The van der Waals surface area contributed by atoms with Crippen molar-refractivity contribution in [2.24, 2.45) is 0 Å². The topological polar surface area (TPSA) is 20.3 Å². The predicted molar refractivity (Wildman–Crippen MR) is 95.4 cm³/mol. The van der Waals surface area contributed by atoms with E-state index >= 15 is 0 Å². The molecular formula is C19H19Cl2NO. The van der Waals surface area contributed by atoms with E-state index in [1.807, 2.05) is 24.3 Å². The van der Waals surface area contributed by atoms with Gasteiger partial charge in [0.2, 0.25) is 0 Å². The quantitative estimate of drug-likeness (QED) is 0.792. The zero-order valence-corrected chi connectivity index (χ0v) is 14.4. The van der Waals surface area contributed by atoms with Crippen LogP contribution in [0.1, 0.15) is 29.9 Å². The molecule has 23 heavy (non-hydrogen) atoms. The maximum atomic E-state index is 11.5. The minimum absolute atomic E-state index is 0.248. The van der Waals surface area contributed by atoms with E-state index in [-0.39, 0.29) is 5.92 Å². The SMILES string of the molecule is O=C1CCN(CC(c2ccc(Cl)cc2)c2ccc(Cl)cc2)CC1. The van der Waals surface area contributed by atoms with Gasteiger partial charge in [0, 0.05) is 48.4 Å². The van der Waals surface area contributed by atoms with E-state index < -0.39 is 0 Å². The Bertz CT molecular complexity index is 611. The van der Waals surface area contributed by atoms with Gasteiger partial charge >= 0.3 is 0 Å². The van der Waals surface area contributed by atoms with Crippen molar-refractivity contribution >= 4 is 29.0 Å². The summed E-state index contributed by atoms with van der Waals surface area (Å²) in [5, 5.41) is 1.49. The van der Waals surface area contributed by atoms with Gasteiger partial charge in [0.05, 0.1) is 0 Å². The summed E-state index contributed by atoms with van der Waals surface area (Å²) in [7, 11) is 0. The van der Waals surface area contributed by atoms with Gasteiger partial charge < -0.3 is 4.90 Å². The molecule has 2 aromatic carbocycles. The highest BCUT2D eigenvalue weighted by Gasteiger charge is 2.22. The largest absolute Gasteiger partial charge is 0.302 e. The normalized spacial score (nSPS) is 16.0. The molecule has 0 aromatic heterocycles. The third-order valence-electron chi connectivity index (χ3n) is 4.40. The number of carbonyl (C=O) groups excluding carboxylic acids is 1. The molecule has 1 fully saturated rings. The van der Waals surface area contributed by atoms with Crippen LogP contribution in [-0.2, 0) is 4.79 Å². The summed E-state index contributed by atoms with van der Waals surface area (Å²) in [6.45, 7) is 2.59. The fourth-order valence-corrected chi connectivity index (χ4v) is 3.29. The number of Topliss-reactive ketones (excluding diaryl/α,β-unsaturated/α-hetero) is 1. The smallest absolute Gasteiger partial charge is 0.135 e. The van der Waals surface area contributed by atoms with Crippen molar-refractivity contribution in [2.75, 3.05) is 19.6 Å². The summed E-state index contributed by atoms with van der Waals surface area (Å²) in [6, 6.07) is 16.0. The molecule has 0 unspecified atom stereocenters. The van der Waals surface area contributed by atoms with Crippen LogP contribution < -0.4 is 0 Å². The first-order valence-corrected chi connectivity index (χ1v) is 8.62. The van der Waals surface area contributed by atoms with Crippen LogP contribution in [0.3, 0.4) is 0 Å². The molecular weight excluding hydrogens is 329 g/mol. The standard InChI is InChI=1S/C19H19Cl2NO/c20-16-5-1-14(2-6-16)19(15-3-7-17(21)8-4-15)13-22-11-9-18(23)10-12-22/h1-8,19H,9-13H2. The van der Waals surface area contributed by atoms with Crippen LogP contribution in [0.5, 0.6) is 0 Å². The molecule has 2 aromatic rings. The lowest BCUT2D eigenvalue weighted by Crippen LogP contribution is -2.37. The number of piperidine rings is 1. The number of rotatable bonds is 4. The molecule has 0 N–H and O–H groups in total. The van der Waals surface area contributed by atoms with Crippen LogP contribution >= 0.6 is 23.2 Å². The second-order valence-corrected chi connectivity index (χ2v) is 6.87. The van der Waals surface area contributed by atoms with Crippen molar-refractivity contribution < 1.29 is 4.79 Å². The second-order valence-electron chi connectivity index (χ2n) is 5.99. The average molecular weight is 348 g/mol. The number of hydrogen-bond acceptors (Lipinski definition) is 2. The third-order valence-corrected chi connectivity index (χ3v) is 4.90. The first kappa shape index (κ1) is 16.5. The Morgan fingerprint density at radius 1 is 0.826 bits per heavy atom. The molecule has 2 nitrogen and oxygen atoms in total. The minimum Gasteiger partial charge on any atom is -0.302 e. The van der Waals surface area contributed by atoms with Gasteiger partial charge in [0.25, 0.3) is 0 Å². The number of nitrogens with zero attached hydrogens (tertiary/aromatic N) is 1. The van der Waals surface area contributed by atoms with E-state index in [4.69, 9.17) is 23.2 Å². The summed E-state index contributed by atoms with van der Waals surface area (Å²) < 4.78 is 0. The van der Waals surface area contributed by atoms with Gasteiger partial charge in [-0.3, -0.25) is 4.79 Å². The van der Waals surface area contributed by atoms with E-state index in [0.29, 0.717) is 18.6 Å². The third kappa shape index (κ3) is 4.35. The summed E-state index contributed by atoms with van der Waals surface area (Å²) in [4.78, 5) is 13.8.